The molecule has 1 atom stereocenters. The van der Waals surface area contributed by atoms with Gasteiger partial charge in [-0.25, -0.2) is 0 Å². The van der Waals surface area contributed by atoms with Gasteiger partial charge in [-0.15, -0.1) is 0 Å². The van der Waals surface area contributed by atoms with Gasteiger partial charge in [0.1, 0.15) is 0 Å². The molecule has 2 saturated heterocycles. The third kappa shape index (κ3) is 2.93. The molecule has 0 bridgehead atoms. The molecule has 5 nitrogen and oxygen atoms in total. The quantitative estimate of drug-likeness (QED) is 0.888. The molecule has 2 fully saturated rings. The fraction of sp³-hybridized carbons (Fsp3) is 0.786. The van der Waals surface area contributed by atoms with Crippen LogP contribution < -0.4 is 5.32 Å². The maximum atomic E-state index is 4.48. The van der Waals surface area contributed by atoms with Crippen molar-refractivity contribution in [3.05, 3.63) is 15.9 Å². The van der Waals surface area contributed by atoms with Crippen LogP contribution in [0, 0.1) is 6.92 Å². The number of nitrogens with one attached hydrogen (secondary N) is 1. The Morgan fingerprint density at radius 3 is 2.60 bits per heavy atom. The fourth-order valence-corrected chi connectivity index (χ4v) is 3.76. The predicted octanol–water partition coefficient (Wildman–Crippen LogP) is 0.971. The van der Waals surface area contributed by atoms with E-state index in [1.54, 1.807) is 0 Å². The van der Waals surface area contributed by atoms with Crippen molar-refractivity contribution in [3.63, 3.8) is 0 Å². The first kappa shape index (κ1) is 14.5. The number of hydrogen-bond acceptors (Lipinski definition) is 4. The van der Waals surface area contributed by atoms with Gasteiger partial charge in [-0.3, -0.25) is 14.5 Å². The first-order chi connectivity index (χ1) is 9.65. The lowest BCUT2D eigenvalue weighted by Gasteiger charge is -2.37. The van der Waals surface area contributed by atoms with Crippen LogP contribution in [-0.4, -0.2) is 64.9 Å². The zero-order valence-electron chi connectivity index (χ0n) is 12.4. The third-order valence-electron chi connectivity index (χ3n) is 4.59. The van der Waals surface area contributed by atoms with Crippen LogP contribution >= 0.6 is 15.9 Å². The van der Waals surface area contributed by atoms with Gasteiger partial charge in [0.2, 0.25) is 0 Å². The maximum absolute atomic E-state index is 4.48. The Kier molecular flexibility index (Phi) is 4.45. The molecule has 1 aromatic heterocycles. The first-order valence-electron chi connectivity index (χ1n) is 7.50. The van der Waals surface area contributed by atoms with E-state index >= 15 is 0 Å². The molecule has 112 valence electrons. The van der Waals surface area contributed by atoms with E-state index in [1.807, 2.05) is 11.7 Å². The molecular formula is C14H24BrN5. The Bertz CT molecular complexity index is 458. The van der Waals surface area contributed by atoms with Crippen LogP contribution in [0.5, 0.6) is 0 Å². The fourth-order valence-electron chi connectivity index (χ4n) is 3.30. The molecule has 0 spiro atoms. The van der Waals surface area contributed by atoms with Crippen molar-refractivity contribution >= 4 is 15.9 Å². The number of rotatable bonds is 3. The average molecular weight is 342 g/mol. The van der Waals surface area contributed by atoms with Crippen molar-refractivity contribution in [1.82, 2.24) is 24.9 Å². The van der Waals surface area contributed by atoms with Crippen LogP contribution in [0.25, 0.3) is 0 Å². The van der Waals surface area contributed by atoms with Crippen LogP contribution in [0.2, 0.25) is 0 Å². The summed E-state index contributed by atoms with van der Waals surface area (Å²) >= 11 is 3.66. The summed E-state index contributed by atoms with van der Waals surface area (Å²) in [6, 6.07) is 0.767. The molecule has 1 N–H and O–H groups in total. The highest BCUT2D eigenvalue weighted by Crippen LogP contribution is 2.22. The highest BCUT2D eigenvalue weighted by atomic mass is 79.9. The van der Waals surface area contributed by atoms with Gasteiger partial charge in [0.15, 0.2) is 0 Å². The van der Waals surface area contributed by atoms with E-state index in [1.165, 1.54) is 42.8 Å². The van der Waals surface area contributed by atoms with E-state index < -0.39 is 0 Å². The summed E-state index contributed by atoms with van der Waals surface area (Å²) < 4.78 is 3.18. The Balaban J connectivity index is 1.55. The third-order valence-corrected chi connectivity index (χ3v) is 5.62. The van der Waals surface area contributed by atoms with E-state index in [4.69, 9.17) is 0 Å². The van der Waals surface area contributed by atoms with Crippen LogP contribution in [0.15, 0.2) is 4.47 Å². The molecule has 3 rings (SSSR count). The second-order valence-electron chi connectivity index (χ2n) is 5.93. The van der Waals surface area contributed by atoms with Gasteiger partial charge in [-0.1, -0.05) is 0 Å². The zero-order valence-corrected chi connectivity index (χ0v) is 14.0. The smallest absolute Gasteiger partial charge is 0.0739 e. The molecule has 6 heteroatoms. The molecule has 1 unspecified atom stereocenters. The standard InChI is InChI=1S/C14H24BrN5/c1-11-14(15)13(18(2)17-11)10-19-5-7-20(8-6-19)12-3-4-16-9-12/h12,16H,3-10H2,1-2H3. The van der Waals surface area contributed by atoms with Crippen molar-refractivity contribution in [2.24, 2.45) is 7.05 Å². The van der Waals surface area contributed by atoms with Crippen LogP contribution in [0.4, 0.5) is 0 Å². The Labute approximate surface area is 129 Å². The van der Waals surface area contributed by atoms with Crippen molar-refractivity contribution < 1.29 is 0 Å². The van der Waals surface area contributed by atoms with Gasteiger partial charge in [0, 0.05) is 52.4 Å². The van der Waals surface area contributed by atoms with Gasteiger partial charge >= 0.3 is 0 Å². The van der Waals surface area contributed by atoms with Gasteiger partial charge in [-0.2, -0.15) is 5.10 Å². The summed E-state index contributed by atoms with van der Waals surface area (Å²) in [5.74, 6) is 0. The van der Waals surface area contributed by atoms with E-state index in [2.05, 4.69) is 43.1 Å². The lowest BCUT2D eigenvalue weighted by Crippen LogP contribution is -2.50. The van der Waals surface area contributed by atoms with Crippen LogP contribution in [0.3, 0.4) is 0 Å². The molecule has 0 aromatic carbocycles. The van der Waals surface area contributed by atoms with Crippen molar-refractivity contribution in [2.75, 3.05) is 39.3 Å². The minimum absolute atomic E-state index is 0.767. The highest BCUT2D eigenvalue weighted by Gasteiger charge is 2.26. The van der Waals surface area contributed by atoms with Gasteiger partial charge in [0.25, 0.3) is 0 Å². The Hall–Kier alpha value is -0.430. The van der Waals surface area contributed by atoms with E-state index in [-0.39, 0.29) is 0 Å². The summed E-state index contributed by atoms with van der Waals surface area (Å²) in [6.07, 6.45) is 1.31. The SMILES string of the molecule is Cc1nn(C)c(CN2CCN(C3CCNC3)CC2)c1Br. The Morgan fingerprint density at radius 2 is 2.05 bits per heavy atom. The first-order valence-corrected chi connectivity index (χ1v) is 8.29. The summed E-state index contributed by atoms with van der Waals surface area (Å²) in [5, 5.41) is 7.94. The molecule has 3 heterocycles. The van der Waals surface area contributed by atoms with Gasteiger partial charge in [-0.05, 0) is 35.8 Å². The zero-order chi connectivity index (χ0) is 14.1. The summed E-state index contributed by atoms with van der Waals surface area (Å²) in [6.45, 7) is 10.1. The van der Waals surface area contributed by atoms with Crippen LogP contribution in [-0.2, 0) is 13.6 Å². The monoisotopic (exact) mass is 341 g/mol. The number of nitrogens with zero attached hydrogens (tertiary/aromatic N) is 4. The van der Waals surface area contributed by atoms with E-state index in [0.29, 0.717) is 0 Å². The molecule has 2 aliphatic heterocycles. The molecular weight excluding hydrogens is 318 g/mol. The van der Waals surface area contributed by atoms with Gasteiger partial charge in [0.05, 0.1) is 15.9 Å². The number of aromatic nitrogens is 2. The number of hydrogen-bond donors (Lipinski definition) is 1. The summed E-state index contributed by atoms with van der Waals surface area (Å²) in [5.41, 5.74) is 2.37. The largest absolute Gasteiger partial charge is 0.315 e. The van der Waals surface area contributed by atoms with Crippen molar-refractivity contribution in [3.8, 4) is 0 Å². The van der Waals surface area contributed by atoms with E-state index in [9.17, 15) is 0 Å². The molecule has 1 aromatic rings. The minimum atomic E-state index is 0.767. The normalized spacial score (nSPS) is 25.4. The second-order valence-corrected chi connectivity index (χ2v) is 6.72. The highest BCUT2D eigenvalue weighted by molar-refractivity contribution is 9.10. The summed E-state index contributed by atoms with van der Waals surface area (Å²) in [4.78, 5) is 5.19. The minimum Gasteiger partial charge on any atom is -0.315 e. The lowest BCUT2D eigenvalue weighted by molar-refractivity contribution is 0.0964. The molecule has 0 saturated carbocycles. The van der Waals surface area contributed by atoms with Crippen molar-refractivity contribution in [1.29, 1.82) is 0 Å². The molecule has 0 radical (unpaired) electrons. The number of piperazine rings is 1. The number of halogens is 1. The topological polar surface area (TPSA) is 36.3 Å². The second kappa shape index (κ2) is 6.13. The van der Waals surface area contributed by atoms with Gasteiger partial charge < -0.3 is 5.32 Å². The molecule has 0 amide bonds. The molecule has 2 aliphatic rings. The Morgan fingerprint density at radius 1 is 1.30 bits per heavy atom. The molecule has 0 aliphatic carbocycles. The lowest BCUT2D eigenvalue weighted by atomic mass is 10.2. The van der Waals surface area contributed by atoms with Crippen LogP contribution in [0.1, 0.15) is 17.8 Å². The number of aryl methyl sites for hydroxylation is 2. The predicted molar refractivity (Wildman–Crippen MR) is 83.8 cm³/mol. The molecule has 20 heavy (non-hydrogen) atoms. The maximum Gasteiger partial charge on any atom is 0.0739 e. The average Bonchev–Trinajstić information content (AvgIpc) is 3.05. The van der Waals surface area contributed by atoms with E-state index in [0.717, 1.165) is 31.4 Å². The summed E-state index contributed by atoms with van der Waals surface area (Å²) in [7, 11) is 2.04. The van der Waals surface area contributed by atoms with Crippen molar-refractivity contribution in [2.45, 2.75) is 25.9 Å².